The van der Waals surface area contributed by atoms with Crippen LogP contribution < -0.4 is 4.90 Å². The second-order valence-electron chi connectivity index (χ2n) is 8.50. The molecule has 0 spiro atoms. The average molecular weight is 428 g/mol. The van der Waals surface area contributed by atoms with Gasteiger partial charge in [-0.25, -0.2) is 4.79 Å². The van der Waals surface area contributed by atoms with Crippen LogP contribution in [0.2, 0.25) is 0 Å². The van der Waals surface area contributed by atoms with E-state index in [4.69, 9.17) is 4.74 Å². The summed E-state index contributed by atoms with van der Waals surface area (Å²) in [6, 6.07) is 11.7. The Labute approximate surface area is 181 Å². The lowest BCUT2D eigenvalue weighted by Crippen LogP contribution is -2.47. The van der Waals surface area contributed by atoms with Crippen LogP contribution in [0.5, 0.6) is 0 Å². The van der Waals surface area contributed by atoms with Crippen LogP contribution >= 0.6 is 11.3 Å². The van der Waals surface area contributed by atoms with E-state index in [2.05, 4.69) is 6.92 Å². The summed E-state index contributed by atoms with van der Waals surface area (Å²) < 4.78 is 5.53. The van der Waals surface area contributed by atoms with E-state index in [0.717, 1.165) is 49.0 Å². The zero-order chi connectivity index (χ0) is 21.1. The molecule has 160 valence electrons. The number of aromatic carboxylic acids is 1. The molecule has 6 heteroatoms. The summed E-state index contributed by atoms with van der Waals surface area (Å²) in [4.78, 5) is 28.8. The van der Waals surface area contributed by atoms with Gasteiger partial charge in [0.25, 0.3) is 0 Å². The monoisotopic (exact) mass is 427 g/mol. The van der Waals surface area contributed by atoms with Crippen molar-refractivity contribution in [3.05, 3.63) is 41.3 Å². The molecule has 1 N–H and O–H groups in total. The van der Waals surface area contributed by atoms with Gasteiger partial charge < -0.3 is 14.7 Å². The highest BCUT2D eigenvalue weighted by Gasteiger charge is 2.36. The summed E-state index contributed by atoms with van der Waals surface area (Å²) in [6.07, 6.45) is 5.37. The topological polar surface area (TPSA) is 66.8 Å². The molecule has 0 atom stereocenters. The predicted molar refractivity (Wildman–Crippen MR) is 119 cm³/mol. The maximum atomic E-state index is 13.7. The van der Waals surface area contributed by atoms with Crippen molar-refractivity contribution in [2.45, 2.75) is 51.5 Å². The molecule has 1 saturated heterocycles. The number of carbonyl (C=O) groups is 2. The van der Waals surface area contributed by atoms with Crippen molar-refractivity contribution in [1.29, 1.82) is 0 Å². The van der Waals surface area contributed by atoms with Gasteiger partial charge in [-0.1, -0.05) is 37.3 Å². The van der Waals surface area contributed by atoms with E-state index in [0.29, 0.717) is 24.8 Å². The minimum absolute atomic E-state index is 0.0121. The first-order valence-electron chi connectivity index (χ1n) is 10.9. The van der Waals surface area contributed by atoms with E-state index in [1.54, 1.807) is 0 Å². The van der Waals surface area contributed by atoms with Gasteiger partial charge in [-0.3, -0.25) is 4.79 Å². The van der Waals surface area contributed by atoms with E-state index in [1.165, 1.54) is 11.3 Å². The number of hydrogen-bond acceptors (Lipinski definition) is 4. The summed E-state index contributed by atoms with van der Waals surface area (Å²) in [5.41, 5.74) is 1.53. The first-order chi connectivity index (χ1) is 14.5. The summed E-state index contributed by atoms with van der Waals surface area (Å²) in [5.74, 6) is -0.246. The first-order valence-corrected chi connectivity index (χ1v) is 11.7. The number of benzene rings is 1. The average Bonchev–Trinajstić information content (AvgIpc) is 3.21. The van der Waals surface area contributed by atoms with Crippen LogP contribution in [0.25, 0.3) is 10.4 Å². The Morgan fingerprint density at radius 2 is 1.70 bits per heavy atom. The third-order valence-electron chi connectivity index (χ3n) is 6.38. The Morgan fingerprint density at radius 1 is 1.03 bits per heavy atom. The molecule has 0 radical (unpaired) electrons. The number of amides is 1. The van der Waals surface area contributed by atoms with Crippen LogP contribution in [0, 0.1) is 11.8 Å². The number of carboxylic acid groups (broad SMARTS) is 1. The molecule has 4 rings (SSSR count). The Balaban J connectivity index is 1.73. The van der Waals surface area contributed by atoms with Crippen LogP contribution in [-0.4, -0.2) is 36.2 Å². The van der Waals surface area contributed by atoms with Gasteiger partial charge in [-0.15, -0.1) is 11.3 Å². The normalized spacial score (nSPS) is 22.6. The van der Waals surface area contributed by atoms with E-state index < -0.39 is 5.97 Å². The first kappa shape index (κ1) is 21.1. The lowest BCUT2D eigenvalue weighted by atomic mass is 9.82. The third-order valence-corrected chi connectivity index (χ3v) is 7.54. The molecule has 1 aromatic heterocycles. The fourth-order valence-electron chi connectivity index (χ4n) is 4.60. The second-order valence-corrected chi connectivity index (χ2v) is 9.56. The van der Waals surface area contributed by atoms with Crippen LogP contribution in [-0.2, 0) is 9.53 Å². The highest BCUT2D eigenvalue weighted by Crippen LogP contribution is 2.40. The molecule has 2 aliphatic rings. The molecule has 1 saturated carbocycles. The van der Waals surface area contributed by atoms with Gasteiger partial charge in [0.15, 0.2) is 0 Å². The molecular formula is C24H29NO4S. The number of ether oxygens (including phenoxy) is 1. The van der Waals surface area contributed by atoms with Crippen molar-refractivity contribution >= 4 is 28.9 Å². The zero-order valence-electron chi connectivity index (χ0n) is 17.4. The van der Waals surface area contributed by atoms with E-state index in [-0.39, 0.29) is 22.7 Å². The summed E-state index contributed by atoms with van der Waals surface area (Å²) >= 11 is 1.25. The summed E-state index contributed by atoms with van der Waals surface area (Å²) in [6.45, 7) is 3.45. The predicted octanol–water partition coefficient (Wildman–Crippen LogP) is 5.45. The number of thiophene rings is 1. The fraction of sp³-hybridized carbons (Fsp3) is 0.500. The van der Waals surface area contributed by atoms with E-state index in [1.807, 2.05) is 41.3 Å². The number of anilines is 1. The van der Waals surface area contributed by atoms with Gasteiger partial charge in [0.1, 0.15) is 4.88 Å². The lowest BCUT2D eigenvalue weighted by Gasteiger charge is -2.37. The Bertz CT molecular complexity index is 880. The van der Waals surface area contributed by atoms with Gasteiger partial charge in [0, 0.05) is 30.1 Å². The molecule has 1 aromatic carbocycles. The van der Waals surface area contributed by atoms with Gasteiger partial charge in [0.05, 0.1) is 5.69 Å². The smallest absolute Gasteiger partial charge is 0.348 e. The summed E-state index contributed by atoms with van der Waals surface area (Å²) in [5, 5.41) is 9.95. The second kappa shape index (κ2) is 9.31. The number of hydrogen-bond donors (Lipinski definition) is 1. The van der Waals surface area contributed by atoms with Crippen molar-refractivity contribution in [1.82, 2.24) is 0 Å². The van der Waals surface area contributed by atoms with Crippen LogP contribution in [0.15, 0.2) is 36.4 Å². The lowest BCUT2D eigenvalue weighted by molar-refractivity contribution is -0.124. The molecule has 2 heterocycles. The minimum Gasteiger partial charge on any atom is -0.477 e. The van der Waals surface area contributed by atoms with Crippen molar-refractivity contribution in [3.8, 4) is 10.4 Å². The fourth-order valence-corrected chi connectivity index (χ4v) is 5.59. The minimum atomic E-state index is -0.973. The van der Waals surface area contributed by atoms with Crippen LogP contribution in [0.3, 0.4) is 0 Å². The molecular weight excluding hydrogens is 398 g/mol. The molecule has 30 heavy (non-hydrogen) atoms. The quantitative estimate of drug-likeness (QED) is 0.689. The number of carboxylic acids is 1. The van der Waals surface area contributed by atoms with Crippen molar-refractivity contribution < 1.29 is 19.4 Å². The van der Waals surface area contributed by atoms with Crippen molar-refractivity contribution in [2.75, 3.05) is 18.1 Å². The van der Waals surface area contributed by atoms with Crippen LogP contribution in [0.4, 0.5) is 5.69 Å². The Hall–Kier alpha value is -2.18. The van der Waals surface area contributed by atoms with Crippen molar-refractivity contribution in [2.24, 2.45) is 11.8 Å². The Kier molecular flexibility index (Phi) is 6.54. The maximum absolute atomic E-state index is 13.7. The maximum Gasteiger partial charge on any atom is 0.348 e. The number of rotatable bonds is 5. The van der Waals surface area contributed by atoms with Crippen molar-refractivity contribution in [3.63, 3.8) is 0 Å². The standard InChI is InChI=1S/C24H29NO4S/c1-16-7-9-18(10-8-16)23(26)25(19-11-13-29-14-12-19)20-15-21(30-22(20)24(27)28)17-5-3-2-4-6-17/h2-6,15-16,18-19H,7-14H2,1H3,(H,27,28). The Morgan fingerprint density at radius 3 is 2.33 bits per heavy atom. The van der Waals surface area contributed by atoms with Gasteiger partial charge in [0.2, 0.25) is 5.91 Å². The SMILES string of the molecule is CC1CCC(C(=O)N(c2cc(-c3ccccc3)sc2C(=O)O)C2CCOCC2)CC1. The number of carbonyl (C=O) groups excluding carboxylic acids is 1. The molecule has 5 nitrogen and oxygen atoms in total. The number of nitrogens with zero attached hydrogens (tertiary/aromatic N) is 1. The molecule has 2 aromatic rings. The van der Waals surface area contributed by atoms with Crippen LogP contribution in [0.1, 0.15) is 55.1 Å². The molecule has 1 aliphatic heterocycles. The largest absolute Gasteiger partial charge is 0.477 e. The van der Waals surface area contributed by atoms with E-state index in [9.17, 15) is 14.7 Å². The molecule has 1 amide bonds. The van der Waals surface area contributed by atoms with Gasteiger partial charge >= 0.3 is 5.97 Å². The van der Waals surface area contributed by atoms with Gasteiger partial charge in [-0.2, -0.15) is 0 Å². The molecule has 2 fully saturated rings. The molecule has 1 aliphatic carbocycles. The zero-order valence-corrected chi connectivity index (χ0v) is 18.2. The van der Waals surface area contributed by atoms with E-state index >= 15 is 0 Å². The highest BCUT2D eigenvalue weighted by atomic mass is 32.1. The van der Waals surface area contributed by atoms with Gasteiger partial charge in [-0.05, 0) is 56.1 Å². The summed E-state index contributed by atoms with van der Waals surface area (Å²) in [7, 11) is 0. The molecule has 0 bridgehead atoms. The molecule has 0 unspecified atom stereocenters. The third kappa shape index (κ3) is 4.44. The highest BCUT2D eigenvalue weighted by molar-refractivity contribution is 7.18.